The number of nitrogens with zero attached hydrogens (tertiary/aromatic N) is 1. The van der Waals surface area contributed by atoms with Gasteiger partial charge in [0.2, 0.25) is 0 Å². The van der Waals surface area contributed by atoms with Crippen molar-refractivity contribution >= 4 is 0 Å². The second-order valence-electron chi connectivity index (χ2n) is 6.43. The Kier molecular flexibility index (Phi) is 3.28. The van der Waals surface area contributed by atoms with Gasteiger partial charge in [0, 0.05) is 13.1 Å². The van der Waals surface area contributed by atoms with Gasteiger partial charge in [-0.05, 0) is 48.7 Å². The van der Waals surface area contributed by atoms with Crippen molar-refractivity contribution in [1.29, 1.82) is 0 Å². The van der Waals surface area contributed by atoms with E-state index in [1.54, 1.807) is 0 Å². The van der Waals surface area contributed by atoms with Gasteiger partial charge in [-0.1, -0.05) is 36.4 Å². The summed E-state index contributed by atoms with van der Waals surface area (Å²) in [5.74, 6) is -0.205. The zero-order valence-corrected chi connectivity index (χ0v) is 12.8. The Morgan fingerprint density at radius 1 is 1.05 bits per heavy atom. The molecule has 114 valence electrons. The molecule has 1 saturated heterocycles. The van der Waals surface area contributed by atoms with Gasteiger partial charge in [0.25, 0.3) is 0 Å². The number of piperidine rings is 1. The average molecular weight is 297 g/mol. The van der Waals surface area contributed by atoms with Crippen LogP contribution in [0.1, 0.15) is 35.6 Å². The van der Waals surface area contributed by atoms with Crippen LogP contribution < -0.4 is 0 Å². The van der Waals surface area contributed by atoms with Crippen LogP contribution in [0.4, 0.5) is 4.39 Å². The fraction of sp³-hybridized carbons (Fsp3) is 0.368. The van der Waals surface area contributed by atoms with Crippen LogP contribution in [-0.2, 0) is 10.3 Å². The van der Waals surface area contributed by atoms with E-state index in [4.69, 9.17) is 4.74 Å². The van der Waals surface area contributed by atoms with Gasteiger partial charge in [-0.15, -0.1) is 0 Å². The number of halogens is 1. The zero-order valence-electron chi connectivity index (χ0n) is 12.8. The summed E-state index contributed by atoms with van der Waals surface area (Å²) in [5, 5.41) is 0. The van der Waals surface area contributed by atoms with Crippen LogP contribution in [0.25, 0.3) is 0 Å². The Hall–Kier alpha value is -1.71. The van der Waals surface area contributed by atoms with Crippen LogP contribution in [0, 0.1) is 5.82 Å². The van der Waals surface area contributed by atoms with E-state index >= 15 is 0 Å². The summed E-state index contributed by atoms with van der Waals surface area (Å²) in [7, 11) is 2.16. The molecule has 2 aliphatic rings. The van der Waals surface area contributed by atoms with Crippen molar-refractivity contribution < 1.29 is 9.13 Å². The van der Waals surface area contributed by atoms with Gasteiger partial charge in [0.15, 0.2) is 0 Å². The lowest BCUT2D eigenvalue weighted by molar-refractivity contribution is -0.0941. The van der Waals surface area contributed by atoms with Crippen molar-refractivity contribution in [1.82, 2.24) is 4.90 Å². The molecule has 2 nitrogen and oxygen atoms in total. The maximum absolute atomic E-state index is 13.2. The summed E-state index contributed by atoms with van der Waals surface area (Å²) >= 11 is 0. The van der Waals surface area contributed by atoms with Crippen LogP contribution in [0.3, 0.4) is 0 Å². The predicted molar refractivity (Wildman–Crippen MR) is 84.2 cm³/mol. The number of rotatable bonds is 1. The predicted octanol–water partition coefficient (Wildman–Crippen LogP) is 3.87. The highest BCUT2D eigenvalue weighted by atomic mass is 19.1. The van der Waals surface area contributed by atoms with E-state index < -0.39 is 0 Å². The molecule has 0 bridgehead atoms. The number of ether oxygens (including phenoxy) is 1. The van der Waals surface area contributed by atoms with Crippen molar-refractivity contribution in [3.8, 4) is 0 Å². The van der Waals surface area contributed by atoms with Gasteiger partial charge in [-0.3, -0.25) is 0 Å². The fourth-order valence-electron chi connectivity index (χ4n) is 3.75. The zero-order chi connectivity index (χ0) is 15.2. The number of likely N-dealkylation sites (tertiary alicyclic amines) is 1. The first-order chi connectivity index (χ1) is 10.7. The number of benzene rings is 2. The van der Waals surface area contributed by atoms with Crippen molar-refractivity contribution in [2.24, 2.45) is 0 Å². The number of hydrogen-bond acceptors (Lipinski definition) is 2. The molecular formula is C19H20FNO. The maximum Gasteiger partial charge on any atom is 0.123 e. The van der Waals surface area contributed by atoms with E-state index in [1.165, 1.54) is 23.3 Å². The lowest BCUT2D eigenvalue weighted by Crippen LogP contribution is -2.40. The third-order valence-corrected chi connectivity index (χ3v) is 5.05. The van der Waals surface area contributed by atoms with Gasteiger partial charge in [-0.2, -0.15) is 0 Å². The molecule has 0 radical (unpaired) electrons. The smallest absolute Gasteiger partial charge is 0.123 e. The minimum atomic E-state index is -0.205. The monoisotopic (exact) mass is 297 g/mol. The summed E-state index contributed by atoms with van der Waals surface area (Å²) < 4.78 is 19.8. The van der Waals surface area contributed by atoms with E-state index in [0.717, 1.165) is 31.5 Å². The van der Waals surface area contributed by atoms with E-state index in [1.807, 2.05) is 12.1 Å². The molecule has 0 saturated carbocycles. The minimum absolute atomic E-state index is 0.0831. The Bertz CT molecular complexity index is 674. The molecule has 2 aromatic carbocycles. The van der Waals surface area contributed by atoms with E-state index in [9.17, 15) is 4.39 Å². The molecule has 0 aromatic heterocycles. The Morgan fingerprint density at radius 3 is 2.45 bits per heavy atom. The first kappa shape index (κ1) is 13.9. The van der Waals surface area contributed by atoms with Gasteiger partial charge in [0.1, 0.15) is 11.9 Å². The van der Waals surface area contributed by atoms with Crippen LogP contribution in [0.2, 0.25) is 0 Å². The third kappa shape index (κ3) is 2.16. The average Bonchev–Trinajstić information content (AvgIpc) is 2.87. The van der Waals surface area contributed by atoms with Crippen LogP contribution in [0.15, 0.2) is 48.5 Å². The largest absolute Gasteiger partial charge is 0.358 e. The highest BCUT2D eigenvalue weighted by Gasteiger charge is 2.46. The van der Waals surface area contributed by atoms with Crippen molar-refractivity contribution in [2.75, 3.05) is 20.1 Å². The molecule has 1 spiro atoms. The first-order valence-corrected chi connectivity index (χ1v) is 7.89. The topological polar surface area (TPSA) is 12.5 Å². The molecule has 3 heteroatoms. The second kappa shape index (κ2) is 5.18. The SMILES string of the molecule is CN1CCC2(CC1)O[C@H](c1ccc(F)cc1)c1ccccc12. The van der Waals surface area contributed by atoms with E-state index in [-0.39, 0.29) is 17.5 Å². The molecule has 0 aliphatic carbocycles. The first-order valence-electron chi connectivity index (χ1n) is 7.89. The van der Waals surface area contributed by atoms with Gasteiger partial charge in [0.05, 0.1) is 5.60 Å². The number of hydrogen-bond donors (Lipinski definition) is 0. The van der Waals surface area contributed by atoms with E-state index in [2.05, 4.69) is 36.2 Å². The Morgan fingerprint density at radius 2 is 1.73 bits per heavy atom. The van der Waals surface area contributed by atoms with E-state index in [0.29, 0.717) is 0 Å². The normalized spacial score (nSPS) is 23.6. The Labute approximate surface area is 130 Å². The van der Waals surface area contributed by atoms with Crippen LogP contribution >= 0.6 is 0 Å². The molecule has 22 heavy (non-hydrogen) atoms. The van der Waals surface area contributed by atoms with Crippen LogP contribution in [-0.4, -0.2) is 25.0 Å². The summed E-state index contributed by atoms with van der Waals surface area (Å²) in [6.07, 6.45) is 1.94. The van der Waals surface area contributed by atoms with Gasteiger partial charge in [-0.25, -0.2) is 4.39 Å². The van der Waals surface area contributed by atoms with Gasteiger partial charge < -0.3 is 9.64 Å². The Balaban J connectivity index is 1.75. The summed E-state index contributed by atoms with van der Waals surface area (Å²) in [6.45, 7) is 2.09. The maximum atomic E-state index is 13.2. The molecule has 1 fully saturated rings. The molecule has 4 rings (SSSR count). The second-order valence-corrected chi connectivity index (χ2v) is 6.43. The fourth-order valence-corrected chi connectivity index (χ4v) is 3.75. The lowest BCUT2D eigenvalue weighted by atomic mass is 9.83. The van der Waals surface area contributed by atoms with Crippen molar-refractivity contribution in [2.45, 2.75) is 24.5 Å². The standard InChI is InChI=1S/C19H20FNO/c1-21-12-10-19(11-13-21)17-5-3-2-4-16(17)18(22-19)14-6-8-15(20)9-7-14/h2-9,18H,10-13H2,1H3/t18-/m1/s1. The molecule has 0 unspecified atom stereocenters. The number of fused-ring (bicyclic) bond motifs is 2. The molecular weight excluding hydrogens is 277 g/mol. The lowest BCUT2D eigenvalue weighted by Gasteiger charge is -2.38. The molecule has 2 aromatic rings. The molecule has 0 N–H and O–H groups in total. The molecule has 2 aliphatic heterocycles. The summed E-state index contributed by atoms with van der Waals surface area (Å²) in [6, 6.07) is 15.2. The molecule has 0 amide bonds. The van der Waals surface area contributed by atoms with Crippen LogP contribution in [0.5, 0.6) is 0 Å². The highest BCUT2D eigenvalue weighted by molar-refractivity contribution is 5.43. The van der Waals surface area contributed by atoms with Gasteiger partial charge >= 0.3 is 0 Å². The quantitative estimate of drug-likeness (QED) is 0.792. The highest BCUT2D eigenvalue weighted by Crippen LogP contribution is 2.51. The summed E-state index contributed by atoms with van der Waals surface area (Å²) in [5.41, 5.74) is 3.41. The summed E-state index contributed by atoms with van der Waals surface area (Å²) in [4.78, 5) is 2.35. The minimum Gasteiger partial charge on any atom is -0.358 e. The van der Waals surface area contributed by atoms with Crippen molar-refractivity contribution in [3.05, 3.63) is 71.0 Å². The molecule has 1 atom stereocenters. The third-order valence-electron chi connectivity index (χ3n) is 5.05. The van der Waals surface area contributed by atoms with Crippen molar-refractivity contribution in [3.63, 3.8) is 0 Å². The molecule has 2 heterocycles.